The van der Waals surface area contributed by atoms with E-state index in [1.165, 1.54) is 0 Å². The molecule has 0 unspecified atom stereocenters. The monoisotopic (exact) mass is 267 g/mol. The lowest BCUT2D eigenvalue weighted by Gasteiger charge is -2.15. The van der Waals surface area contributed by atoms with Crippen LogP contribution in [0.15, 0.2) is 18.2 Å². The van der Waals surface area contributed by atoms with Gasteiger partial charge in [0, 0.05) is 12.7 Å². The Morgan fingerprint density at radius 3 is 2.50 bits per heavy atom. The van der Waals surface area contributed by atoms with Gasteiger partial charge in [0.15, 0.2) is 0 Å². The van der Waals surface area contributed by atoms with Crippen LogP contribution < -0.4 is 4.90 Å². The van der Waals surface area contributed by atoms with E-state index in [-0.39, 0.29) is 0 Å². The molecule has 0 saturated heterocycles. The Balaban J connectivity index is 2.96. The van der Waals surface area contributed by atoms with Crippen molar-refractivity contribution in [3.63, 3.8) is 0 Å². The lowest BCUT2D eigenvalue weighted by atomic mass is 10.3. The Morgan fingerprint density at radius 2 is 2.00 bits per heavy atom. The Morgan fingerprint density at radius 1 is 1.33 bits per heavy atom. The molecule has 0 amide bonds. The van der Waals surface area contributed by atoms with Crippen LogP contribution in [0.2, 0.25) is 10.0 Å². The third-order valence-corrected chi connectivity index (χ3v) is 3.01. The van der Waals surface area contributed by atoms with E-state index in [0.29, 0.717) is 10.0 Å². The zero-order valence-electron chi connectivity index (χ0n) is 6.52. The van der Waals surface area contributed by atoms with Crippen molar-refractivity contribution in [1.29, 1.82) is 0 Å². The molecule has 1 aromatic rings. The zero-order chi connectivity index (χ0) is 9.14. The number of rotatable bonds is 2. The van der Waals surface area contributed by atoms with Crippen molar-refractivity contribution in [2.45, 2.75) is 0 Å². The van der Waals surface area contributed by atoms with E-state index in [1.807, 2.05) is 24.1 Å². The summed E-state index contributed by atoms with van der Waals surface area (Å²) in [6.07, 6.45) is 0. The third kappa shape index (κ3) is 2.28. The average molecular weight is 269 g/mol. The molecule has 0 bridgehead atoms. The molecule has 0 aliphatic carbocycles. The highest BCUT2D eigenvalue weighted by atomic mass is 79.9. The van der Waals surface area contributed by atoms with Crippen LogP contribution in [-0.2, 0) is 0 Å². The highest BCUT2D eigenvalue weighted by Gasteiger charge is 2.01. The number of halogens is 3. The van der Waals surface area contributed by atoms with Gasteiger partial charge in [-0.2, -0.15) is 0 Å². The van der Waals surface area contributed by atoms with Gasteiger partial charge in [-0.3, -0.25) is 0 Å². The van der Waals surface area contributed by atoms with Crippen LogP contribution in [0, 0.1) is 0 Å². The number of hydrogen-bond acceptors (Lipinski definition) is 1. The molecule has 1 aromatic carbocycles. The highest BCUT2D eigenvalue weighted by Crippen LogP contribution is 2.26. The Bertz CT molecular complexity index is 278. The maximum atomic E-state index is 5.84. The topological polar surface area (TPSA) is 3.24 Å². The molecule has 0 aromatic heterocycles. The second-order valence-electron chi connectivity index (χ2n) is 2.42. The van der Waals surface area contributed by atoms with Crippen molar-refractivity contribution in [1.82, 2.24) is 0 Å². The third-order valence-electron chi connectivity index (χ3n) is 1.52. The summed E-state index contributed by atoms with van der Waals surface area (Å²) < 4.78 is 0. The molecule has 0 atom stereocenters. The van der Waals surface area contributed by atoms with Crippen LogP contribution in [0.3, 0.4) is 0 Å². The minimum absolute atomic E-state index is 0.585. The molecule has 4 heteroatoms. The average Bonchev–Trinajstić information content (AvgIpc) is 2.08. The van der Waals surface area contributed by atoms with Crippen LogP contribution >= 0.6 is 39.1 Å². The van der Waals surface area contributed by atoms with E-state index in [2.05, 4.69) is 15.9 Å². The molecule has 66 valence electrons. The molecule has 1 nitrogen and oxygen atoms in total. The van der Waals surface area contributed by atoms with Gasteiger partial charge in [0.2, 0.25) is 0 Å². The Kier molecular flexibility index (Phi) is 3.69. The SMILES string of the molecule is CN(CBr)c1ccc(Cl)c(Cl)c1. The minimum Gasteiger partial charge on any atom is -0.365 e. The van der Waals surface area contributed by atoms with Crippen molar-refractivity contribution < 1.29 is 0 Å². The predicted octanol–water partition coefficient (Wildman–Crippen LogP) is 3.78. The van der Waals surface area contributed by atoms with Gasteiger partial charge < -0.3 is 4.90 Å². The highest BCUT2D eigenvalue weighted by molar-refractivity contribution is 9.09. The second kappa shape index (κ2) is 4.35. The Labute approximate surface area is 90.4 Å². The van der Waals surface area contributed by atoms with Crippen LogP contribution in [0.5, 0.6) is 0 Å². The standard InChI is InChI=1S/C8H8BrCl2N/c1-12(5-9)6-2-3-7(10)8(11)4-6/h2-4H,5H2,1H3. The van der Waals surface area contributed by atoms with Gasteiger partial charge in [0.25, 0.3) is 0 Å². The fourth-order valence-corrected chi connectivity index (χ4v) is 1.37. The molecular weight excluding hydrogens is 261 g/mol. The number of anilines is 1. The predicted molar refractivity (Wildman–Crippen MR) is 58.7 cm³/mol. The summed E-state index contributed by atoms with van der Waals surface area (Å²) in [5.41, 5.74) is 1.81. The van der Waals surface area contributed by atoms with Gasteiger partial charge >= 0.3 is 0 Å². The summed E-state index contributed by atoms with van der Waals surface area (Å²) in [5, 5.41) is 1.17. The summed E-state index contributed by atoms with van der Waals surface area (Å²) >= 11 is 15.0. The normalized spacial score (nSPS) is 10.0. The summed E-state index contributed by atoms with van der Waals surface area (Å²) in [7, 11) is 1.97. The van der Waals surface area contributed by atoms with Crippen molar-refractivity contribution in [3.05, 3.63) is 28.2 Å². The molecule has 0 heterocycles. The molecule has 0 radical (unpaired) electrons. The maximum Gasteiger partial charge on any atom is 0.0732 e. The van der Waals surface area contributed by atoms with Gasteiger partial charge in [-0.1, -0.05) is 39.1 Å². The van der Waals surface area contributed by atoms with Gasteiger partial charge in [-0.05, 0) is 18.2 Å². The first-order valence-electron chi connectivity index (χ1n) is 3.37. The van der Waals surface area contributed by atoms with Crippen molar-refractivity contribution in [3.8, 4) is 0 Å². The second-order valence-corrected chi connectivity index (χ2v) is 3.73. The Hall–Kier alpha value is 0.0800. The number of benzene rings is 1. The molecular formula is C8H8BrCl2N. The van der Waals surface area contributed by atoms with Crippen molar-refractivity contribution >= 4 is 44.8 Å². The smallest absolute Gasteiger partial charge is 0.0732 e. The quantitative estimate of drug-likeness (QED) is 0.583. The van der Waals surface area contributed by atoms with Crippen LogP contribution in [0.4, 0.5) is 5.69 Å². The molecule has 0 aliphatic heterocycles. The molecule has 1 rings (SSSR count). The first-order chi connectivity index (χ1) is 5.65. The van der Waals surface area contributed by atoms with E-state index >= 15 is 0 Å². The van der Waals surface area contributed by atoms with Gasteiger partial charge in [-0.25, -0.2) is 0 Å². The van der Waals surface area contributed by atoms with Crippen molar-refractivity contribution in [2.75, 3.05) is 17.4 Å². The van der Waals surface area contributed by atoms with Crippen LogP contribution in [0.25, 0.3) is 0 Å². The molecule has 0 N–H and O–H groups in total. The van der Waals surface area contributed by atoms with E-state index in [9.17, 15) is 0 Å². The fraction of sp³-hybridized carbons (Fsp3) is 0.250. The van der Waals surface area contributed by atoms with E-state index in [1.54, 1.807) is 6.07 Å². The summed E-state index contributed by atoms with van der Waals surface area (Å²) in [6.45, 7) is 0. The lowest BCUT2D eigenvalue weighted by Crippen LogP contribution is -2.13. The van der Waals surface area contributed by atoms with E-state index < -0.39 is 0 Å². The molecule has 12 heavy (non-hydrogen) atoms. The zero-order valence-corrected chi connectivity index (χ0v) is 9.62. The molecule has 0 saturated carbocycles. The number of hydrogen-bond donors (Lipinski definition) is 0. The number of alkyl halides is 1. The molecule has 0 aliphatic rings. The van der Waals surface area contributed by atoms with E-state index in [4.69, 9.17) is 23.2 Å². The fourth-order valence-electron chi connectivity index (χ4n) is 0.791. The first kappa shape index (κ1) is 10.2. The summed E-state index contributed by atoms with van der Waals surface area (Å²) in [4.78, 5) is 2.02. The van der Waals surface area contributed by atoms with E-state index in [0.717, 1.165) is 11.1 Å². The van der Waals surface area contributed by atoms with Crippen molar-refractivity contribution in [2.24, 2.45) is 0 Å². The van der Waals surface area contributed by atoms with Crippen LogP contribution in [-0.4, -0.2) is 12.5 Å². The molecule has 0 fully saturated rings. The van der Waals surface area contributed by atoms with Crippen LogP contribution in [0.1, 0.15) is 0 Å². The maximum absolute atomic E-state index is 5.84. The first-order valence-corrected chi connectivity index (χ1v) is 5.25. The minimum atomic E-state index is 0.585. The summed E-state index contributed by atoms with van der Waals surface area (Å²) in [6, 6.07) is 5.55. The number of nitrogens with zero attached hydrogens (tertiary/aromatic N) is 1. The van der Waals surface area contributed by atoms with Gasteiger partial charge in [0.05, 0.1) is 15.5 Å². The lowest BCUT2D eigenvalue weighted by molar-refractivity contribution is 1.11. The largest absolute Gasteiger partial charge is 0.365 e. The van der Waals surface area contributed by atoms with Gasteiger partial charge in [-0.15, -0.1) is 0 Å². The summed E-state index contributed by atoms with van der Waals surface area (Å²) in [5.74, 6) is 0. The molecule has 0 spiro atoms. The van der Waals surface area contributed by atoms with Gasteiger partial charge in [0.1, 0.15) is 0 Å².